The molecule has 1 N–H and O–H groups in total. The summed E-state index contributed by atoms with van der Waals surface area (Å²) in [7, 11) is -2.19. The molecule has 9 nitrogen and oxygen atoms in total. The van der Waals surface area contributed by atoms with Gasteiger partial charge in [-0.1, -0.05) is 17.7 Å². The van der Waals surface area contributed by atoms with E-state index in [1.54, 1.807) is 30.2 Å². The lowest BCUT2D eigenvalue weighted by Gasteiger charge is -2.12. The summed E-state index contributed by atoms with van der Waals surface area (Å²) in [4.78, 5) is 27.0. The molecule has 184 valence electrons. The normalized spacial score (nSPS) is 15.1. The molecular formula is C22H21ClFN5O4S2. The van der Waals surface area contributed by atoms with Crippen LogP contribution in [0.15, 0.2) is 50.5 Å². The van der Waals surface area contributed by atoms with E-state index in [1.807, 2.05) is 6.92 Å². The molecule has 0 bridgehead atoms. The number of fused-ring (bicyclic) bond motifs is 1. The number of nitrogens with zero attached hydrogens (tertiary/aromatic N) is 4. The second kappa shape index (κ2) is 8.40. The number of aromatic nitrogens is 4. The highest BCUT2D eigenvalue weighted by atomic mass is 35.5. The van der Waals surface area contributed by atoms with E-state index in [1.165, 1.54) is 22.8 Å². The maximum absolute atomic E-state index is 14.1. The van der Waals surface area contributed by atoms with Gasteiger partial charge in [0.2, 0.25) is 0 Å². The van der Waals surface area contributed by atoms with E-state index in [0.29, 0.717) is 11.1 Å². The van der Waals surface area contributed by atoms with Crippen LogP contribution in [0.4, 0.5) is 4.39 Å². The van der Waals surface area contributed by atoms with E-state index in [9.17, 15) is 22.4 Å². The molecule has 1 fully saturated rings. The van der Waals surface area contributed by atoms with Crippen molar-refractivity contribution in [2.45, 2.75) is 42.6 Å². The Kier molecular flexibility index (Phi) is 5.74. The van der Waals surface area contributed by atoms with Gasteiger partial charge in [0.05, 0.1) is 29.7 Å². The predicted molar refractivity (Wildman–Crippen MR) is 131 cm³/mol. The highest BCUT2D eigenvalue weighted by Crippen LogP contribution is 2.37. The van der Waals surface area contributed by atoms with Crippen LogP contribution in [0.5, 0.6) is 0 Å². The third-order valence-electron chi connectivity index (χ3n) is 5.94. The SMILES string of the molecule is Cn1cc(Cn2c(=O)c3cc(S(=O)(=O)NC4(C)CC4)sc3n(Cc3ccc(Cl)c(F)c3)c2=O)cn1. The van der Waals surface area contributed by atoms with Crippen LogP contribution in [-0.2, 0) is 30.2 Å². The Morgan fingerprint density at radius 3 is 2.51 bits per heavy atom. The Morgan fingerprint density at radius 2 is 1.89 bits per heavy atom. The molecule has 1 saturated carbocycles. The Morgan fingerprint density at radius 1 is 1.17 bits per heavy atom. The highest BCUT2D eigenvalue weighted by Gasteiger charge is 2.41. The Balaban J connectivity index is 1.69. The monoisotopic (exact) mass is 537 g/mol. The molecule has 0 spiro atoms. The second-order valence-corrected chi connectivity index (χ2v) is 12.3. The van der Waals surface area contributed by atoms with E-state index in [0.717, 1.165) is 28.7 Å². The molecule has 1 aliphatic carbocycles. The molecule has 0 saturated heterocycles. The number of hydrogen-bond acceptors (Lipinski definition) is 6. The van der Waals surface area contributed by atoms with Gasteiger partial charge < -0.3 is 0 Å². The van der Waals surface area contributed by atoms with Crippen LogP contribution < -0.4 is 16.0 Å². The van der Waals surface area contributed by atoms with Crippen molar-refractivity contribution in [2.24, 2.45) is 7.05 Å². The molecule has 3 heterocycles. The van der Waals surface area contributed by atoms with Gasteiger partial charge in [-0.2, -0.15) is 5.10 Å². The Labute approximate surface area is 208 Å². The van der Waals surface area contributed by atoms with Crippen LogP contribution in [0.25, 0.3) is 10.2 Å². The number of benzene rings is 1. The highest BCUT2D eigenvalue weighted by molar-refractivity contribution is 7.91. The van der Waals surface area contributed by atoms with Crippen LogP contribution in [0.1, 0.15) is 30.9 Å². The van der Waals surface area contributed by atoms with Gasteiger partial charge in [0.25, 0.3) is 15.6 Å². The minimum absolute atomic E-state index is 0.0509. The first kappa shape index (κ1) is 23.9. The van der Waals surface area contributed by atoms with Gasteiger partial charge in [0, 0.05) is 24.3 Å². The average Bonchev–Trinajstić information content (AvgIpc) is 3.16. The van der Waals surface area contributed by atoms with Crippen molar-refractivity contribution in [1.29, 1.82) is 0 Å². The molecule has 0 aliphatic heterocycles. The van der Waals surface area contributed by atoms with Gasteiger partial charge >= 0.3 is 5.69 Å². The lowest BCUT2D eigenvalue weighted by Crippen LogP contribution is -2.40. The molecule has 0 unspecified atom stereocenters. The van der Waals surface area contributed by atoms with E-state index < -0.39 is 32.6 Å². The zero-order valence-corrected chi connectivity index (χ0v) is 21.2. The molecule has 3 aromatic heterocycles. The molecule has 0 radical (unpaired) electrons. The van der Waals surface area contributed by atoms with Gasteiger partial charge in [-0.05, 0) is 43.5 Å². The zero-order valence-electron chi connectivity index (χ0n) is 18.8. The van der Waals surface area contributed by atoms with Crippen molar-refractivity contribution in [3.8, 4) is 0 Å². The summed E-state index contributed by atoms with van der Waals surface area (Å²) < 4.78 is 46.6. The first-order valence-corrected chi connectivity index (χ1v) is 13.4. The molecule has 0 amide bonds. The van der Waals surface area contributed by atoms with Crippen molar-refractivity contribution >= 4 is 43.2 Å². The van der Waals surface area contributed by atoms with Crippen molar-refractivity contribution < 1.29 is 12.8 Å². The number of rotatable bonds is 7. The van der Waals surface area contributed by atoms with Crippen LogP contribution in [0.3, 0.4) is 0 Å². The fraction of sp³-hybridized carbons (Fsp3) is 0.318. The number of aryl methyl sites for hydroxylation is 1. The van der Waals surface area contributed by atoms with Crippen molar-refractivity contribution in [3.63, 3.8) is 0 Å². The number of thiophene rings is 1. The van der Waals surface area contributed by atoms with Crippen LogP contribution in [0, 0.1) is 5.82 Å². The summed E-state index contributed by atoms with van der Waals surface area (Å²) in [6, 6.07) is 5.46. The molecule has 13 heteroatoms. The first-order chi connectivity index (χ1) is 16.5. The second-order valence-electron chi connectivity index (χ2n) is 8.98. The van der Waals surface area contributed by atoms with E-state index in [2.05, 4.69) is 9.82 Å². The quantitative estimate of drug-likeness (QED) is 0.390. The fourth-order valence-electron chi connectivity index (χ4n) is 3.81. The first-order valence-electron chi connectivity index (χ1n) is 10.7. The van der Waals surface area contributed by atoms with E-state index >= 15 is 0 Å². The maximum atomic E-state index is 14.1. The number of sulfonamides is 1. The van der Waals surface area contributed by atoms with Crippen LogP contribution in [-0.4, -0.2) is 32.9 Å². The molecule has 0 atom stereocenters. The molecule has 4 aromatic rings. The van der Waals surface area contributed by atoms with E-state index in [4.69, 9.17) is 11.6 Å². The van der Waals surface area contributed by atoms with Crippen molar-refractivity contribution in [2.75, 3.05) is 0 Å². The minimum atomic E-state index is -3.90. The fourth-order valence-corrected chi connectivity index (χ4v) is 6.83. The standard InChI is InChI=1S/C22H21ClFN5O4S2/c1-22(5-6-22)26-35(32,33)18-8-15-19(30)28(12-14-9-25-27(2)10-14)21(31)29(20(15)34-18)11-13-3-4-16(23)17(24)7-13/h3-4,7-10,26H,5-6,11-12H2,1-2H3. The molecular weight excluding hydrogens is 517 g/mol. The van der Waals surface area contributed by atoms with Crippen LogP contribution in [0.2, 0.25) is 5.02 Å². The summed E-state index contributed by atoms with van der Waals surface area (Å²) in [6.45, 7) is 1.68. The number of halogens is 2. The Hall–Kier alpha value is -2.80. The molecule has 1 aromatic carbocycles. The van der Waals surface area contributed by atoms with Gasteiger partial charge in [0.1, 0.15) is 14.9 Å². The zero-order chi connectivity index (χ0) is 25.1. The van der Waals surface area contributed by atoms with E-state index in [-0.39, 0.29) is 32.5 Å². The minimum Gasteiger partial charge on any atom is -0.280 e. The van der Waals surface area contributed by atoms with Crippen molar-refractivity contribution in [3.05, 3.63) is 79.5 Å². The smallest absolute Gasteiger partial charge is 0.280 e. The number of hydrogen-bond donors (Lipinski definition) is 1. The van der Waals surface area contributed by atoms with Gasteiger partial charge in [-0.15, -0.1) is 11.3 Å². The maximum Gasteiger partial charge on any atom is 0.332 e. The third-order valence-corrected chi connectivity index (χ3v) is 9.52. The molecule has 35 heavy (non-hydrogen) atoms. The number of nitrogens with one attached hydrogen (secondary N) is 1. The molecule has 1 aliphatic rings. The third kappa shape index (κ3) is 4.58. The van der Waals surface area contributed by atoms with Gasteiger partial charge in [-0.25, -0.2) is 22.3 Å². The summed E-state index contributed by atoms with van der Waals surface area (Å²) >= 11 is 6.63. The van der Waals surface area contributed by atoms with Gasteiger partial charge in [-0.3, -0.25) is 18.6 Å². The Bertz CT molecular complexity index is 1700. The van der Waals surface area contributed by atoms with Crippen LogP contribution >= 0.6 is 22.9 Å². The topological polar surface area (TPSA) is 108 Å². The lowest BCUT2D eigenvalue weighted by atomic mass is 10.2. The van der Waals surface area contributed by atoms with Gasteiger partial charge in [0.15, 0.2) is 0 Å². The largest absolute Gasteiger partial charge is 0.332 e. The van der Waals surface area contributed by atoms with Crippen molar-refractivity contribution in [1.82, 2.24) is 23.6 Å². The predicted octanol–water partition coefficient (Wildman–Crippen LogP) is 2.68. The summed E-state index contributed by atoms with van der Waals surface area (Å²) in [5.41, 5.74) is -0.696. The average molecular weight is 538 g/mol. The summed E-state index contributed by atoms with van der Waals surface area (Å²) in [6.07, 6.45) is 4.67. The summed E-state index contributed by atoms with van der Waals surface area (Å²) in [5.74, 6) is -0.645. The lowest BCUT2D eigenvalue weighted by molar-refractivity contribution is 0.560. The summed E-state index contributed by atoms with van der Waals surface area (Å²) in [5, 5.41) is 4.11. The molecule has 5 rings (SSSR count).